The van der Waals surface area contributed by atoms with Crippen molar-refractivity contribution in [2.45, 2.75) is 53.0 Å². The second kappa shape index (κ2) is 6.58. The van der Waals surface area contributed by atoms with Crippen LogP contribution in [0.15, 0.2) is 24.3 Å². The highest BCUT2D eigenvalue weighted by molar-refractivity contribution is 6.30. The standard InChI is InChI=1S/C16H26ClN/c1-12(11-16(2,3)4)8-15(18)10-13-6-5-7-14(17)9-13/h5-7,9,12,15H,8,10-11,18H2,1-4H3. The lowest BCUT2D eigenvalue weighted by molar-refractivity contribution is 0.285. The average Bonchev–Trinajstić information content (AvgIpc) is 2.13. The van der Waals surface area contributed by atoms with Crippen LogP contribution in [0.25, 0.3) is 0 Å². The Balaban J connectivity index is 2.44. The van der Waals surface area contributed by atoms with E-state index in [4.69, 9.17) is 17.3 Å². The second-order valence-corrected chi connectivity index (χ2v) is 7.14. The van der Waals surface area contributed by atoms with Crippen molar-refractivity contribution < 1.29 is 0 Å². The Bertz CT molecular complexity index is 368. The van der Waals surface area contributed by atoms with Crippen molar-refractivity contribution in [1.82, 2.24) is 0 Å². The van der Waals surface area contributed by atoms with Gasteiger partial charge in [-0.1, -0.05) is 51.4 Å². The van der Waals surface area contributed by atoms with Gasteiger partial charge in [-0.15, -0.1) is 0 Å². The highest BCUT2D eigenvalue weighted by Gasteiger charge is 2.17. The number of hydrogen-bond donors (Lipinski definition) is 1. The van der Waals surface area contributed by atoms with Gasteiger partial charge in [-0.2, -0.15) is 0 Å². The van der Waals surface area contributed by atoms with Crippen LogP contribution in [0.5, 0.6) is 0 Å². The van der Waals surface area contributed by atoms with Crippen molar-refractivity contribution in [2.24, 2.45) is 17.1 Å². The average molecular weight is 268 g/mol. The van der Waals surface area contributed by atoms with Crippen molar-refractivity contribution in [1.29, 1.82) is 0 Å². The van der Waals surface area contributed by atoms with Crippen LogP contribution >= 0.6 is 11.6 Å². The van der Waals surface area contributed by atoms with Gasteiger partial charge in [0.05, 0.1) is 0 Å². The first-order valence-corrected chi connectivity index (χ1v) is 7.14. The minimum absolute atomic E-state index is 0.223. The van der Waals surface area contributed by atoms with Crippen LogP contribution in [0.2, 0.25) is 5.02 Å². The molecule has 1 aromatic rings. The summed E-state index contributed by atoms with van der Waals surface area (Å²) in [4.78, 5) is 0. The number of hydrogen-bond acceptors (Lipinski definition) is 1. The Morgan fingerprint density at radius 2 is 1.94 bits per heavy atom. The van der Waals surface area contributed by atoms with Crippen molar-refractivity contribution in [2.75, 3.05) is 0 Å². The third kappa shape index (κ3) is 6.42. The predicted octanol–water partition coefficient (Wildman–Crippen LogP) is 4.67. The first-order valence-electron chi connectivity index (χ1n) is 6.76. The number of nitrogens with two attached hydrogens (primary N) is 1. The minimum atomic E-state index is 0.223. The summed E-state index contributed by atoms with van der Waals surface area (Å²) in [6.45, 7) is 9.15. The maximum absolute atomic E-state index is 6.23. The Hall–Kier alpha value is -0.530. The van der Waals surface area contributed by atoms with Crippen molar-refractivity contribution in [3.05, 3.63) is 34.9 Å². The van der Waals surface area contributed by atoms with Crippen LogP contribution in [0.1, 0.15) is 46.1 Å². The first kappa shape index (κ1) is 15.5. The zero-order chi connectivity index (χ0) is 13.8. The molecule has 0 fully saturated rings. The number of benzene rings is 1. The van der Waals surface area contributed by atoms with Gasteiger partial charge in [-0.25, -0.2) is 0 Å². The van der Waals surface area contributed by atoms with Crippen LogP contribution in [-0.4, -0.2) is 6.04 Å². The Labute approximate surface area is 117 Å². The van der Waals surface area contributed by atoms with Gasteiger partial charge in [0, 0.05) is 11.1 Å². The molecular weight excluding hydrogens is 242 g/mol. The molecule has 0 aliphatic heterocycles. The van der Waals surface area contributed by atoms with E-state index in [2.05, 4.69) is 33.8 Å². The highest BCUT2D eigenvalue weighted by Crippen LogP contribution is 2.27. The maximum Gasteiger partial charge on any atom is 0.0408 e. The molecule has 1 nitrogen and oxygen atoms in total. The molecule has 2 N–H and O–H groups in total. The van der Waals surface area contributed by atoms with Gasteiger partial charge in [-0.3, -0.25) is 0 Å². The summed E-state index contributed by atoms with van der Waals surface area (Å²) in [5.74, 6) is 0.666. The SMILES string of the molecule is CC(CC(N)Cc1cccc(Cl)c1)CC(C)(C)C. The molecular formula is C16H26ClN. The van der Waals surface area contributed by atoms with Crippen molar-refractivity contribution in [3.8, 4) is 0 Å². The molecule has 0 bridgehead atoms. The topological polar surface area (TPSA) is 26.0 Å². The highest BCUT2D eigenvalue weighted by atomic mass is 35.5. The molecule has 0 amide bonds. The number of rotatable bonds is 5. The summed E-state index contributed by atoms with van der Waals surface area (Å²) >= 11 is 5.98. The molecule has 102 valence electrons. The summed E-state index contributed by atoms with van der Waals surface area (Å²) in [7, 11) is 0. The monoisotopic (exact) mass is 267 g/mol. The van der Waals surface area contributed by atoms with Crippen LogP contribution < -0.4 is 5.73 Å². The fourth-order valence-electron chi connectivity index (χ4n) is 2.70. The van der Waals surface area contributed by atoms with Crippen LogP contribution in [0, 0.1) is 11.3 Å². The molecule has 1 aromatic carbocycles. The van der Waals surface area contributed by atoms with E-state index in [9.17, 15) is 0 Å². The van der Waals surface area contributed by atoms with Crippen LogP contribution in [0.3, 0.4) is 0 Å². The van der Waals surface area contributed by atoms with Gasteiger partial charge < -0.3 is 5.73 Å². The predicted molar refractivity (Wildman–Crippen MR) is 81.0 cm³/mol. The smallest absolute Gasteiger partial charge is 0.0408 e. The van der Waals surface area contributed by atoms with E-state index >= 15 is 0 Å². The summed E-state index contributed by atoms with van der Waals surface area (Å²) < 4.78 is 0. The molecule has 0 spiro atoms. The van der Waals surface area contributed by atoms with Crippen LogP contribution in [-0.2, 0) is 6.42 Å². The molecule has 2 unspecified atom stereocenters. The fourth-order valence-corrected chi connectivity index (χ4v) is 2.91. The molecule has 0 radical (unpaired) electrons. The lowest BCUT2D eigenvalue weighted by Gasteiger charge is -2.25. The lowest BCUT2D eigenvalue weighted by Crippen LogP contribution is -2.26. The zero-order valence-electron chi connectivity index (χ0n) is 12.0. The molecule has 0 heterocycles. The lowest BCUT2D eigenvalue weighted by atomic mass is 9.82. The Morgan fingerprint density at radius 3 is 2.50 bits per heavy atom. The van der Waals surface area contributed by atoms with E-state index in [-0.39, 0.29) is 6.04 Å². The molecule has 0 saturated heterocycles. The summed E-state index contributed by atoms with van der Waals surface area (Å²) in [5, 5.41) is 0.794. The van der Waals surface area contributed by atoms with Gasteiger partial charge in [0.1, 0.15) is 0 Å². The second-order valence-electron chi connectivity index (χ2n) is 6.70. The van der Waals surface area contributed by atoms with Crippen LogP contribution in [0.4, 0.5) is 0 Å². The molecule has 18 heavy (non-hydrogen) atoms. The van der Waals surface area contributed by atoms with Gasteiger partial charge in [0.2, 0.25) is 0 Å². The van der Waals surface area contributed by atoms with Gasteiger partial charge >= 0.3 is 0 Å². The quantitative estimate of drug-likeness (QED) is 0.824. The zero-order valence-corrected chi connectivity index (χ0v) is 12.8. The first-order chi connectivity index (χ1) is 8.26. The summed E-state index contributed by atoms with van der Waals surface area (Å²) in [6.07, 6.45) is 3.20. The fraction of sp³-hybridized carbons (Fsp3) is 0.625. The van der Waals surface area contributed by atoms with Crippen molar-refractivity contribution in [3.63, 3.8) is 0 Å². The van der Waals surface area contributed by atoms with E-state index in [1.807, 2.05) is 18.2 Å². The molecule has 2 atom stereocenters. The summed E-state index contributed by atoms with van der Waals surface area (Å²) in [5.41, 5.74) is 7.85. The molecule has 1 rings (SSSR count). The van der Waals surface area contributed by atoms with E-state index in [0.29, 0.717) is 11.3 Å². The normalized spacial score (nSPS) is 15.4. The van der Waals surface area contributed by atoms with E-state index in [1.165, 1.54) is 12.0 Å². The minimum Gasteiger partial charge on any atom is -0.327 e. The molecule has 0 aromatic heterocycles. The Kier molecular flexibility index (Phi) is 5.68. The maximum atomic E-state index is 6.23. The van der Waals surface area contributed by atoms with Crippen molar-refractivity contribution >= 4 is 11.6 Å². The molecule has 2 heteroatoms. The number of halogens is 1. The third-order valence-electron chi connectivity index (χ3n) is 3.05. The van der Waals surface area contributed by atoms with E-state index < -0.39 is 0 Å². The largest absolute Gasteiger partial charge is 0.327 e. The van der Waals surface area contributed by atoms with Gasteiger partial charge in [0.25, 0.3) is 0 Å². The van der Waals surface area contributed by atoms with Gasteiger partial charge in [-0.05, 0) is 48.3 Å². The third-order valence-corrected chi connectivity index (χ3v) is 3.29. The van der Waals surface area contributed by atoms with E-state index in [0.717, 1.165) is 17.9 Å². The van der Waals surface area contributed by atoms with E-state index in [1.54, 1.807) is 0 Å². The summed E-state index contributed by atoms with van der Waals surface area (Å²) in [6, 6.07) is 8.22. The van der Waals surface area contributed by atoms with Gasteiger partial charge in [0.15, 0.2) is 0 Å². The molecule has 0 aliphatic carbocycles. The molecule has 0 aliphatic rings. The Morgan fingerprint density at radius 1 is 1.28 bits per heavy atom. The molecule has 0 saturated carbocycles.